The largest absolute Gasteiger partial charge is 0.353 e. The van der Waals surface area contributed by atoms with Crippen LogP contribution in [-0.2, 0) is 0 Å². The summed E-state index contributed by atoms with van der Waals surface area (Å²) in [6.07, 6.45) is 3.72. The van der Waals surface area contributed by atoms with Crippen LogP contribution in [0.5, 0.6) is 0 Å². The van der Waals surface area contributed by atoms with Gasteiger partial charge in [0.15, 0.2) is 0 Å². The Morgan fingerprint density at radius 1 is 0.893 bits per heavy atom. The Hall–Kier alpha value is -2.15. The van der Waals surface area contributed by atoms with Crippen molar-refractivity contribution >= 4 is 33.6 Å². The van der Waals surface area contributed by atoms with Gasteiger partial charge < -0.3 is 14.7 Å². The number of halogens is 1. The molecule has 7 heteroatoms. The van der Waals surface area contributed by atoms with Gasteiger partial charge in [-0.3, -0.25) is 4.79 Å². The summed E-state index contributed by atoms with van der Waals surface area (Å²) in [5.41, 5.74) is 1.74. The van der Waals surface area contributed by atoms with E-state index in [9.17, 15) is 4.79 Å². The van der Waals surface area contributed by atoms with E-state index >= 15 is 0 Å². The van der Waals surface area contributed by atoms with Crippen LogP contribution in [-0.4, -0.2) is 60.0 Å². The number of nitrogens with zero attached hydrogens (tertiary/aromatic N) is 5. The molecule has 1 aromatic carbocycles. The molecule has 3 heterocycles. The average molecular weight is 444 g/mol. The van der Waals surface area contributed by atoms with E-state index in [1.54, 1.807) is 0 Å². The van der Waals surface area contributed by atoms with Crippen LogP contribution in [0.3, 0.4) is 0 Å². The quantitative estimate of drug-likeness (QED) is 0.726. The van der Waals surface area contributed by atoms with Gasteiger partial charge in [0.1, 0.15) is 5.82 Å². The molecular formula is C21H26BrN5O. The zero-order valence-electron chi connectivity index (χ0n) is 16.3. The first-order chi connectivity index (χ1) is 13.6. The van der Waals surface area contributed by atoms with Gasteiger partial charge in [0.05, 0.1) is 0 Å². The van der Waals surface area contributed by atoms with Crippen molar-refractivity contribution in [2.24, 2.45) is 0 Å². The fourth-order valence-corrected chi connectivity index (χ4v) is 4.11. The maximum absolute atomic E-state index is 12.7. The number of anilines is 2. The van der Waals surface area contributed by atoms with Gasteiger partial charge >= 0.3 is 0 Å². The third-order valence-electron chi connectivity index (χ3n) is 5.45. The highest BCUT2D eigenvalue weighted by Gasteiger charge is 2.24. The predicted octanol–water partition coefficient (Wildman–Crippen LogP) is 3.50. The lowest BCUT2D eigenvalue weighted by molar-refractivity contribution is 0.0746. The highest BCUT2D eigenvalue weighted by Crippen LogP contribution is 2.22. The minimum atomic E-state index is 0.0972. The van der Waals surface area contributed by atoms with Crippen LogP contribution >= 0.6 is 15.9 Å². The number of piperazine rings is 1. The van der Waals surface area contributed by atoms with Gasteiger partial charge in [0.25, 0.3) is 5.91 Å². The molecule has 0 unspecified atom stereocenters. The molecule has 0 saturated carbocycles. The smallest absolute Gasteiger partial charge is 0.253 e. The number of aromatic nitrogens is 2. The summed E-state index contributed by atoms with van der Waals surface area (Å²) in [6.45, 7) is 7.10. The molecule has 2 aromatic rings. The third kappa shape index (κ3) is 4.29. The molecule has 0 N–H and O–H groups in total. The first-order valence-corrected chi connectivity index (χ1v) is 10.8. The van der Waals surface area contributed by atoms with Crippen molar-refractivity contribution in [3.8, 4) is 0 Å². The van der Waals surface area contributed by atoms with E-state index in [4.69, 9.17) is 4.98 Å². The molecule has 1 aromatic heterocycles. The number of amides is 1. The van der Waals surface area contributed by atoms with E-state index in [-0.39, 0.29) is 5.91 Å². The number of rotatable bonds is 3. The lowest BCUT2D eigenvalue weighted by Crippen LogP contribution is -2.49. The highest BCUT2D eigenvalue weighted by atomic mass is 79.9. The van der Waals surface area contributed by atoms with Crippen molar-refractivity contribution in [3.63, 3.8) is 0 Å². The number of carbonyl (C=O) groups is 1. The molecule has 28 heavy (non-hydrogen) atoms. The SMILES string of the molecule is Cc1cc(N2CCN(C(=O)c3ccc(Br)cc3)CC2)nc(N2CCCCC2)n1. The number of carbonyl (C=O) groups excluding carboxylic acids is 1. The first-order valence-electron chi connectivity index (χ1n) is 10.0. The second-order valence-electron chi connectivity index (χ2n) is 7.50. The van der Waals surface area contributed by atoms with Gasteiger partial charge in [-0.2, -0.15) is 4.98 Å². The van der Waals surface area contributed by atoms with Gasteiger partial charge in [-0.05, 0) is 50.5 Å². The zero-order valence-corrected chi connectivity index (χ0v) is 17.9. The molecule has 0 radical (unpaired) electrons. The lowest BCUT2D eigenvalue weighted by Gasteiger charge is -2.36. The molecule has 2 fully saturated rings. The molecule has 1 amide bonds. The minimum absolute atomic E-state index is 0.0972. The Kier molecular flexibility index (Phi) is 5.80. The van der Waals surface area contributed by atoms with Crippen molar-refractivity contribution in [1.82, 2.24) is 14.9 Å². The number of benzene rings is 1. The van der Waals surface area contributed by atoms with Crippen molar-refractivity contribution in [3.05, 3.63) is 46.1 Å². The molecule has 0 aliphatic carbocycles. The van der Waals surface area contributed by atoms with Gasteiger partial charge in [-0.15, -0.1) is 0 Å². The predicted molar refractivity (Wildman–Crippen MR) is 115 cm³/mol. The van der Waals surface area contributed by atoms with E-state index in [0.717, 1.165) is 53.7 Å². The molecule has 2 aliphatic heterocycles. The van der Waals surface area contributed by atoms with Crippen molar-refractivity contribution in [2.45, 2.75) is 26.2 Å². The van der Waals surface area contributed by atoms with Crippen molar-refractivity contribution in [2.75, 3.05) is 49.1 Å². The Labute approximate surface area is 174 Å². The maximum atomic E-state index is 12.7. The second-order valence-corrected chi connectivity index (χ2v) is 8.42. The number of hydrogen-bond acceptors (Lipinski definition) is 5. The maximum Gasteiger partial charge on any atom is 0.253 e. The Balaban J connectivity index is 1.42. The van der Waals surface area contributed by atoms with Gasteiger partial charge in [0.2, 0.25) is 5.95 Å². The van der Waals surface area contributed by atoms with E-state index in [2.05, 4.69) is 36.8 Å². The summed E-state index contributed by atoms with van der Waals surface area (Å²) in [4.78, 5) is 28.7. The Morgan fingerprint density at radius 2 is 1.57 bits per heavy atom. The summed E-state index contributed by atoms with van der Waals surface area (Å²) in [7, 11) is 0. The van der Waals surface area contributed by atoms with Crippen molar-refractivity contribution < 1.29 is 4.79 Å². The molecular weight excluding hydrogens is 418 g/mol. The fraction of sp³-hybridized carbons (Fsp3) is 0.476. The molecule has 4 rings (SSSR count). The monoisotopic (exact) mass is 443 g/mol. The molecule has 2 saturated heterocycles. The second kappa shape index (κ2) is 8.47. The summed E-state index contributed by atoms with van der Waals surface area (Å²) in [6, 6.07) is 9.62. The third-order valence-corrected chi connectivity index (χ3v) is 5.98. The molecule has 0 bridgehead atoms. The Bertz CT molecular complexity index is 827. The molecule has 6 nitrogen and oxygen atoms in total. The van der Waals surface area contributed by atoms with E-state index in [1.807, 2.05) is 36.1 Å². The van der Waals surface area contributed by atoms with Crippen LogP contribution in [0.25, 0.3) is 0 Å². The van der Waals surface area contributed by atoms with Crippen LogP contribution in [0.1, 0.15) is 35.3 Å². The summed E-state index contributed by atoms with van der Waals surface area (Å²) in [5, 5.41) is 0. The van der Waals surface area contributed by atoms with Crippen molar-refractivity contribution in [1.29, 1.82) is 0 Å². The molecule has 2 aliphatic rings. The fourth-order valence-electron chi connectivity index (χ4n) is 3.85. The van der Waals surface area contributed by atoms with E-state index in [0.29, 0.717) is 13.1 Å². The number of piperidine rings is 1. The van der Waals surface area contributed by atoms with Crippen LogP contribution < -0.4 is 9.80 Å². The molecule has 0 atom stereocenters. The minimum Gasteiger partial charge on any atom is -0.353 e. The van der Waals surface area contributed by atoms with E-state index in [1.165, 1.54) is 19.3 Å². The van der Waals surface area contributed by atoms with Gasteiger partial charge in [0, 0.05) is 61.1 Å². The normalized spacial score (nSPS) is 17.7. The molecule has 0 spiro atoms. The summed E-state index contributed by atoms with van der Waals surface area (Å²) < 4.78 is 0.984. The molecule has 148 valence electrons. The topological polar surface area (TPSA) is 52.6 Å². The van der Waals surface area contributed by atoms with Crippen LogP contribution in [0.15, 0.2) is 34.8 Å². The zero-order chi connectivity index (χ0) is 19.5. The lowest BCUT2D eigenvalue weighted by atomic mass is 10.1. The number of aryl methyl sites for hydroxylation is 1. The standard InChI is InChI=1S/C21H26BrN5O/c1-16-15-19(24-21(23-16)27-9-3-2-4-10-27)25-11-13-26(14-12-25)20(28)17-5-7-18(22)8-6-17/h5-8,15H,2-4,9-14H2,1H3. The van der Waals surface area contributed by atoms with Crippen LogP contribution in [0, 0.1) is 6.92 Å². The van der Waals surface area contributed by atoms with Crippen LogP contribution in [0.2, 0.25) is 0 Å². The highest BCUT2D eigenvalue weighted by molar-refractivity contribution is 9.10. The first kappa shape index (κ1) is 19.2. The summed E-state index contributed by atoms with van der Waals surface area (Å²) in [5.74, 6) is 1.92. The van der Waals surface area contributed by atoms with Crippen LogP contribution in [0.4, 0.5) is 11.8 Å². The number of hydrogen-bond donors (Lipinski definition) is 0. The average Bonchev–Trinajstić information content (AvgIpc) is 2.74. The van der Waals surface area contributed by atoms with Gasteiger partial charge in [-0.25, -0.2) is 4.98 Å². The van der Waals surface area contributed by atoms with Gasteiger partial charge in [-0.1, -0.05) is 15.9 Å². The Morgan fingerprint density at radius 3 is 2.25 bits per heavy atom. The summed E-state index contributed by atoms with van der Waals surface area (Å²) >= 11 is 3.42. The van der Waals surface area contributed by atoms with E-state index < -0.39 is 0 Å².